The molecule has 3 heteroatoms. The Bertz CT molecular complexity index is 176. The Balaban J connectivity index is 2.38. The van der Waals surface area contributed by atoms with Crippen molar-refractivity contribution in [2.45, 2.75) is 39.7 Å². The standard InChI is InChI=1S/C12H25NO2/c1-10(2)11(3)13-8-12(4-6-14)5-7-15-9-12/h10-11,13-14H,4-9H2,1-3H3. The molecule has 0 aromatic heterocycles. The Labute approximate surface area is 93.2 Å². The molecule has 1 saturated heterocycles. The molecule has 90 valence electrons. The van der Waals surface area contributed by atoms with E-state index in [-0.39, 0.29) is 12.0 Å². The average Bonchev–Trinajstić information content (AvgIpc) is 2.64. The van der Waals surface area contributed by atoms with Crippen molar-refractivity contribution in [1.29, 1.82) is 0 Å². The molecule has 0 amide bonds. The average molecular weight is 215 g/mol. The maximum Gasteiger partial charge on any atom is 0.0536 e. The molecule has 2 unspecified atom stereocenters. The topological polar surface area (TPSA) is 41.5 Å². The second kappa shape index (κ2) is 5.83. The van der Waals surface area contributed by atoms with Crippen LogP contribution in [0.1, 0.15) is 33.6 Å². The summed E-state index contributed by atoms with van der Waals surface area (Å²) < 4.78 is 5.45. The first-order chi connectivity index (χ1) is 7.09. The van der Waals surface area contributed by atoms with Crippen molar-refractivity contribution in [3.63, 3.8) is 0 Å². The summed E-state index contributed by atoms with van der Waals surface area (Å²) in [7, 11) is 0. The highest BCUT2D eigenvalue weighted by atomic mass is 16.5. The molecule has 0 aromatic carbocycles. The quantitative estimate of drug-likeness (QED) is 0.704. The summed E-state index contributed by atoms with van der Waals surface area (Å²) in [5, 5.41) is 12.6. The second-order valence-corrected chi connectivity index (χ2v) is 5.19. The highest BCUT2D eigenvalue weighted by Crippen LogP contribution is 2.31. The van der Waals surface area contributed by atoms with E-state index in [1.54, 1.807) is 0 Å². The fraction of sp³-hybridized carbons (Fsp3) is 1.00. The van der Waals surface area contributed by atoms with Gasteiger partial charge < -0.3 is 15.2 Å². The minimum absolute atomic E-state index is 0.178. The van der Waals surface area contributed by atoms with Gasteiger partial charge in [0.15, 0.2) is 0 Å². The molecule has 1 rings (SSSR count). The second-order valence-electron chi connectivity index (χ2n) is 5.19. The first-order valence-electron chi connectivity index (χ1n) is 6.02. The molecule has 2 atom stereocenters. The largest absolute Gasteiger partial charge is 0.396 e. The number of aliphatic hydroxyl groups is 1. The molecule has 1 heterocycles. The maximum absolute atomic E-state index is 9.08. The first-order valence-corrected chi connectivity index (χ1v) is 6.02. The van der Waals surface area contributed by atoms with Crippen LogP contribution in [0.2, 0.25) is 0 Å². The lowest BCUT2D eigenvalue weighted by atomic mass is 9.83. The van der Waals surface area contributed by atoms with Gasteiger partial charge in [-0.1, -0.05) is 13.8 Å². The van der Waals surface area contributed by atoms with Gasteiger partial charge in [-0.2, -0.15) is 0 Å². The molecule has 2 N–H and O–H groups in total. The predicted octanol–water partition coefficient (Wildman–Crippen LogP) is 1.41. The van der Waals surface area contributed by atoms with E-state index in [0.29, 0.717) is 12.0 Å². The fourth-order valence-electron chi connectivity index (χ4n) is 1.92. The third-order valence-electron chi connectivity index (χ3n) is 3.63. The van der Waals surface area contributed by atoms with Crippen molar-refractivity contribution in [2.24, 2.45) is 11.3 Å². The molecular formula is C12H25NO2. The van der Waals surface area contributed by atoms with Gasteiger partial charge in [-0.15, -0.1) is 0 Å². The minimum Gasteiger partial charge on any atom is -0.396 e. The van der Waals surface area contributed by atoms with Gasteiger partial charge in [-0.25, -0.2) is 0 Å². The normalized spacial score (nSPS) is 28.6. The van der Waals surface area contributed by atoms with Crippen molar-refractivity contribution in [1.82, 2.24) is 5.32 Å². The van der Waals surface area contributed by atoms with Crippen LogP contribution >= 0.6 is 0 Å². The molecule has 0 aliphatic carbocycles. The molecule has 0 aromatic rings. The van der Waals surface area contributed by atoms with Crippen molar-refractivity contribution < 1.29 is 9.84 Å². The van der Waals surface area contributed by atoms with E-state index in [2.05, 4.69) is 26.1 Å². The first kappa shape index (κ1) is 12.9. The Morgan fingerprint density at radius 3 is 2.60 bits per heavy atom. The lowest BCUT2D eigenvalue weighted by Crippen LogP contribution is -2.41. The van der Waals surface area contributed by atoms with Gasteiger partial charge in [0.2, 0.25) is 0 Å². The lowest BCUT2D eigenvalue weighted by molar-refractivity contribution is 0.121. The summed E-state index contributed by atoms with van der Waals surface area (Å²) in [6.07, 6.45) is 1.93. The molecule has 1 fully saturated rings. The van der Waals surface area contributed by atoms with Gasteiger partial charge in [0.05, 0.1) is 6.61 Å². The number of ether oxygens (including phenoxy) is 1. The van der Waals surface area contributed by atoms with Crippen molar-refractivity contribution in [3.05, 3.63) is 0 Å². The van der Waals surface area contributed by atoms with Crippen LogP contribution in [0.3, 0.4) is 0 Å². The molecule has 1 aliphatic rings. The summed E-state index contributed by atoms with van der Waals surface area (Å²) in [4.78, 5) is 0. The van der Waals surface area contributed by atoms with Crippen LogP contribution in [-0.2, 0) is 4.74 Å². The van der Waals surface area contributed by atoms with E-state index in [4.69, 9.17) is 9.84 Å². The van der Waals surface area contributed by atoms with Gasteiger partial charge in [0.25, 0.3) is 0 Å². The molecule has 15 heavy (non-hydrogen) atoms. The van der Waals surface area contributed by atoms with E-state index in [0.717, 1.165) is 32.6 Å². The van der Waals surface area contributed by atoms with E-state index in [9.17, 15) is 0 Å². The lowest BCUT2D eigenvalue weighted by Gasteiger charge is -2.29. The Morgan fingerprint density at radius 2 is 2.13 bits per heavy atom. The number of rotatable bonds is 6. The van der Waals surface area contributed by atoms with Crippen LogP contribution in [-0.4, -0.2) is 37.5 Å². The Morgan fingerprint density at radius 1 is 1.40 bits per heavy atom. The van der Waals surface area contributed by atoms with Crippen LogP contribution < -0.4 is 5.32 Å². The molecule has 0 bridgehead atoms. The molecule has 0 saturated carbocycles. The van der Waals surface area contributed by atoms with Crippen LogP contribution in [0.25, 0.3) is 0 Å². The summed E-state index contributed by atoms with van der Waals surface area (Å²) in [6, 6.07) is 0.529. The monoisotopic (exact) mass is 215 g/mol. The summed E-state index contributed by atoms with van der Waals surface area (Å²) >= 11 is 0. The van der Waals surface area contributed by atoms with Gasteiger partial charge in [-0.3, -0.25) is 0 Å². The van der Waals surface area contributed by atoms with E-state index < -0.39 is 0 Å². The van der Waals surface area contributed by atoms with Crippen LogP contribution in [0.4, 0.5) is 0 Å². The van der Waals surface area contributed by atoms with E-state index in [1.165, 1.54) is 0 Å². The van der Waals surface area contributed by atoms with Gasteiger partial charge in [-0.05, 0) is 25.7 Å². The summed E-state index contributed by atoms with van der Waals surface area (Å²) in [5.74, 6) is 0.651. The van der Waals surface area contributed by atoms with Gasteiger partial charge in [0.1, 0.15) is 0 Å². The van der Waals surface area contributed by atoms with Crippen molar-refractivity contribution >= 4 is 0 Å². The minimum atomic E-state index is 0.178. The van der Waals surface area contributed by atoms with Crippen LogP contribution in [0.15, 0.2) is 0 Å². The SMILES string of the molecule is CC(C)C(C)NCC1(CCO)CCOC1. The number of aliphatic hydroxyl groups excluding tert-OH is 1. The van der Waals surface area contributed by atoms with Gasteiger partial charge >= 0.3 is 0 Å². The summed E-state index contributed by atoms with van der Waals surface area (Å²) in [5.41, 5.74) is 0.178. The smallest absolute Gasteiger partial charge is 0.0536 e. The van der Waals surface area contributed by atoms with Crippen LogP contribution in [0.5, 0.6) is 0 Å². The Hall–Kier alpha value is -0.120. The fourth-order valence-corrected chi connectivity index (χ4v) is 1.92. The predicted molar refractivity (Wildman–Crippen MR) is 61.9 cm³/mol. The Kier molecular flexibility index (Phi) is 5.03. The zero-order valence-corrected chi connectivity index (χ0v) is 10.3. The highest BCUT2D eigenvalue weighted by molar-refractivity contribution is 4.86. The van der Waals surface area contributed by atoms with Crippen molar-refractivity contribution in [2.75, 3.05) is 26.4 Å². The summed E-state index contributed by atoms with van der Waals surface area (Å²) in [6.45, 7) is 9.54. The molecule has 3 nitrogen and oxygen atoms in total. The molecule has 0 radical (unpaired) electrons. The number of hydrogen-bond acceptors (Lipinski definition) is 3. The molecule has 0 spiro atoms. The highest BCUT2D eigenvalue weighted by Gasteiger charge is 2.34. The van der Waals surface area contributed by atoms with Gasteiger partial charge in [0, 0.05) is 31.2 Å². The molecule has 1 aliphatic heterocycles. The molecular weight excluding hydrogens is 190 g/mol. The number of nitrogens with one attached hydrogen (secondary N) is 1. The van der Waals surface area contributed by atoms with E-state index in [1.807, 2.05) is 0 Å². The van der Waals surface area contributed by atoms with Crippen molar-refractivity contribution in [3.8, 4) is 0 Å². The zero-order valence-electron chi connectivity index (χ0n) is 10.3. The maximum atomic E-state index is 9.08. The van der Waals surface area contributed by atoms with Crippen LogP contribution in [0, 0.1) is 11.3 Å². The third kappa shape index (κ3) is 3.74. The van der Waals surface area contributed by atoms with E-state index >= 15 is 0 Å². The number of hydrogen-bond donors (Lipinski definition) is 2. The third-order valence-corrected chi connectivity index (χ3v) is 3.63. The zero-order chi connectivity index (χ0) is 11.3.